The third-order valence-electron chi connectivity index (χ3n) is 2.54. The number of nitrogens with zero attached hydrogens (tertiary/aromatic N) is 1. The van der Waals surface area contributed by atoms with Crippen LogP contribution in [-0.2, 0) is 6.54 Å². The molecule has 0 aliphatic heterocycles. The van der Waals surface area contributed by atoms with Crippen LogP contribution in [0.5, 0.6) is 0 Å². The standard InChI is InChI=1S/C13H14ClFN2O/c1-2-5-16-7-12-13(18-8-17-12)9-3-4-10(14)11(15)6-9/h3-4,6,8,16H,2,5,7H2,1H3. The summed E-state index contributed by atoms with van der Waals surface area (Å²) >= 11 is 5.65. The van der Waals surface area contributed by atoms with Crippen molar-refractivity contribution in [3.05, 3.63) is 41.1 Å². The highest BCUT2D eigenvalue weighted by Crippen LogP contribution is 2.26. The molecule has 0 aliphatic rings. The summed E-state index contributed by atoms with van der Waals surface area (Å²) in [6, 6.07) is 4.58. The van der Waals surface area contributed by atoms with Crippen molar-refractivity contribution in [2.75, 3.05) is 6.54 Å². The molecule has 1 heterocycles. The van der Waals surface area contributed by atoms with Gasteiger partial charge in [0.15, 0.2) is 12.2 Å². The smallest absolute Gasteiger partial charge is 0.181 e. The minimum Gasteiger partial charge on any atom is -0.443 e. The summed E-state index contributed by atoms with van der Waals surface area (Å²) in [5, 5.41) is 3.33. The third-order valence-corrected chi connectivity index (χ3v) is 2.85. The van der Waals surface area contributed by atoms with Gasteiger partial charge in [-0.1, -0.05) is 18.5 Å². The molecule has 0 bridgehead atoms. The largest absolute Gasteiger partial charge is 0.443 e. The molecule has 0 spiro atoms. The Morgan fingerprint density at radius 3 is 3.00 bits per heavy atom. The highest BCUT2D eigenvalue weighted by Gasteiger charge is 2.12. The minimum atomic E-state index is -0.460. The lowest BCUT2D eigenvalue weighted by molar-refractivity contribution is 0.567. The predicted octanol–water partition coefficient (Wildman–Crippen LogP) is 3.63. The molecule has 5 heteroatoms. The third kappa shape index (κ3) is 2.89. The number of benzene rings is 1. The van der Waals surface area contributed by atoms with E-state index in [-0.39, 0.29) is 5.02 Å². The number of nitrogens with one attached hydrogen (secondary N) is 1. The van der Waals surface area contributed by atoms with Crippen molar-refractivity contribution in [2.45, 2.75) is 19.9 Å². The SMILES string of the molecule is CCCNCc1ncoc1-c1ccc(Cl)c(F)c1. The van der Waals surface area contributed by atoms with E-state index in [0.29, 0.717) is 17.9 Å². The van der Waals surface area contributed by atoms with Crippen molar-refractivity contribution < 1.29 is 8.81 Å². The Kier molecular flexibility index (Phi) is 4.33. The minimum absolute atomic E-state index is 0.101. The highest BCUT2D eigenvalue weighted by atomic mass is 35.5. The molecule has 2 rings (SSSR count). The Bertz CT molecular complexity index is 527. The molecule has 0 unspecified atom stereocenters. The molecule has 0 saturated heterocycles. The van der Waals surface area contributed by atoms with Gasteiger partial charge in [0.25, 0.3) is 0 Å². The quantitative estimate of drug-likeness (QED) is 0.842. The van der Waals surface area contributed by atoms with Gasteiger partial charge >= 0.3 is 0 Å². The van der Waals surface area contributed by atoms with Gasteiger partial charge < -0.3 is 9.73 Å². The van der Waals surface area contributed by atoms with E-state index >= 15 is 0 Å². The molecule has 0 atom stereocenters. The molecule has 0 saturated carbocycles. The van der Waals surface area contributed by atoms with Crippen LogP contribution in [0.2, 0.25) is 5.02 Å². The average Bonchev–Trinajstić information content (AvgIpc) is 2.81. The van der Waals surface area contributed by atoms with Crippen LogP contribution in [0.25, 0.3) is 11.3 Å². The maximum absolute atomic E-state index is 13.4. The first kappa shape index (κ1) is 13.1. The van der Waals surface area contributed by atoms with E-state index in [0.717, 1.165) is 18.7 Å². The first-order valence-electron chi connectivity index (χ1n) is 5.81. The number of rotatable bonds is 5. The molecule has 96 valence electrons. The van der Waals surface area contributed by atoms with Gasteiger partial charge in [0.2, 0.25) is 0 Å². The zero-order valence-corrected chi connectivity index (χ0v) is 10.8. The molecule has 1 aromatic carbocycles. The van der Waals surface area contributed by atoms with Gasteiger partial charge in [-0.2, -0.15) is 0 Å². The zero-order valence-electron chi connectivity index (χ0n) is 10.0. The van der Waals surface area contributed by atoms with Crippen molar-refractivity contribution in [1.29, 1.82) is 0 Å². The maximum Gasteiger partial charge on any atom is 0.181 e. The van der Waals surface area contributed by atoms with E-state index < -0.39 is 5.82 Å². The van der Waals surface area contributed by atoms with Crippen LogP contribution < -0.4 is 5.32 Å². The fraction of sp³-hybridized carbons (Fsp3) is 0.308. The molecular formula is C13H14ClFN2O. The van der Waals surface area contributed by atoms with Gasteiger partial charge in [0, 0.05) is 12.1 Å². The van der Waals surface area contributed by atoms with E-state index in [4.69, 9.17) is 16.0 Å². The summed E-state index contributed by atoms with van der Waals surface area (Å²) in [4.78, 5) is 4.13. The lowest BCUT2D eigenvalue weighted by atomic mass is 10.1. The molecule has 0 fully saturated rings. The summed E-state index contributed by atoms with van der Waals surface area (Å²) < 4.78 is 18.7. The molecule has 1 N–H and O–H groups in total. The summed E-state index contributed by atoms with van der Waals surface area (Å²) in [5.74, 6) is 0.118. The van der Waals surface area contributed by atoms with Crippen molar-refractivity contribution in [3.63, 3.8) is 0 Å². The Hall–Kier alpha value is -1.39. The number of hydrogen-bond acceptors (Lipinski definition) is 3. The Labute approximate surface area is 110 Å². The lowest BCUT2D eigenvalue weighted by Crippen LogP contribution is -2.14. The first-order valence-corrected chi connectivity index (χ1v) is 6.18. The number of aromatic nitrogens is 1. The van der Waals surface area contributed by atoms with Gasteiger partial charge in [-0.15, -0.1) is 0 Å². The molecule has 0 radical (unpaired) electrons. The van der Waals surface area contributed by atoms with E-state index in [9.17, 15) is 4.39 Å². The van der Waals surface area contributed by atoms with Crippen LogP contribution in [0.1, 0.15) is 19.0 Å². The Morgan fingerprint density at radius 1 is 1.44 bits per heavy atom. The Morgan fingerprint density at radius 2 is 2.28 bits per heavy atom. The second-order valence-corrected chi connectivity index (χ2v) is 4.34. The second-order valence-electron chi connectivity index (χ2n) is 3.93. The number of hydrogen-bond donors (Lipinski definition) is 1. The first-order chi connectivity index (χ1) is 8.72. The normalized spacial score (nSPS) is 10.8. The molecule has 1 aromatic heterocycles. The predicted molar refractivity (Wildman–Crippen MR) is 68.9 cm³/mol. The van der Waals surface area contributed by atoms with Crippen LogP contribution in [0.15, 0.2) is 29.0 Å². The van der Waals surface area contributed by atoms with E-state index in [1.807, 2.05) is 0 Å². The number of halogens is 2. The molecular weight excluding hydrogens is 255 g/mol. The zero-order chi connectivity index (χ0) is 13.0. The van der Waals surface area contributed by atoms with Gasteiger partial charge in [0.1, 0.15) is 11.5 Å². The van der Waals surface area contributed by atoms with Crippen molar-refractivity contribution in [2.24, 2.45) is 0 Å². The molecule has 0 aliphatic carbocycles. The monoisotopic (exact) mass is 268 g/mol. The van der Waals surface area contributed by atoms with Crippen LogP contribution in [-0.4, -0.2) is 11.5 Å². The van der Waals surface area contributed by atoms with Crippen molar-refractivity contribution in [3.8, 4) is 11.3 Å². The second kappa shape index (κ2) is 5.98. The van der Waals surface area contributed by atoms with Gasteiger partial charge in [-0.3, -0.25) is 0 Å². The fourth-order valence-corrected chi connectivity index (χ4v) is 1.77. The van der Waals surface area contributed by atoms with Crippen LogP contribution in [0, 0.1) is 5.82 Å². The lowest BCUT2D eigenvalue weighted by Gasteiger charge is -2.03. The molecule has 0 amide bonds. The maximum atomic E-state index is 13.4. The fourth-order valence-electron chi connectivity index (χ4n) is 1.65. The van der Waals surface area contributed by atoms with Gasteiger partial charge in [0.05, 0.1) is 5.02 Å². The van der Waals surface area contributed by atoms with Gasteiger partial charge in [-0.05, 0) is 31.2 Å². The van der Waals surface area contributed by atoms with Crippen molar-refractivity contribution >= 4 is 11.6 Å². The van der Waals surface area contributed by atoms with Crippen LogP contribution >= 0.6 is 11.6 Å². The molecule has 18 heavy (non-hydrogen) atoms. The summed E-state index contributed by atoms with van der Waals surface area (Å²) in [6.45, 7) is 3.59. The van der Waals surface area contributed by atoms with Crippen LogP contribution in [0.4, 0.5) is 4.39 Å². The van der Waals surface area contributed by atoms with E-state index in [1.165, 1.54) is 18.5 Å². The van der Waals surface area contributed by atoms with E-state index in [2.05, 4.69) is 17.2 Å². The number of oxazole rings is 1. The summed E-state index contributed by atoms with van der Waals surface area (Å²) in [7, 11) is 0. The van der Waals surface area contributed by atoms with Crippen LogP contribution in [0.3, 0.4) is 0 Å². The summed E-state index contributed by atoms with van der Waals surface area (Å²) in [6.07, 6.45) is 2.41. The van der Waals surface area contributed by atoms with Gasteiger partial charge in [-0.25, -0.2) is 9.37 Å². The Balaban J connectivity index is 2.22. The summed E-state index contributed by atoms with van der Waals surface area (Å²) in [5.41, 5.74) is 1.41. The highest BCUT2D eigenvalue weighted by molar-refractivity contribution is 6.30. The molecule has 2 aromatic rings. The van der Waals surface area contributed by atoms with Crippen molar-refractivity contribution in [1.82, 2.24) is 10.3 Å². The topological polar surface area (TPSA) is 38.1 Å². The average molecular weight is 269 g/mol. The van der Waals surface area contributed by atoms with E-state index in [1.54, 1.807) is 6.07 Å². The molecule has 3 nitrogen and oxygen atoms in total.